The first kappa shape index (κ1) is 14.7. The fourth-order valence-corrected chi connectivity index (χ4v) is 3.98. The second-order valence-corrected chi connectivity index (χ2v) is 7.22. The van der Waals surface area contributed by atoms with Crippen LogP contribution in [-0.4, -0.2) is 32.5 Å². The molecule has 2 N–H and O–H groups in total. The monoisotopic (exact) mass is 314 g/mol. The molecule has 0 spiro atoms. The third-order valence-electron chi connectivity index (χ3n) is 5.17. The van der Waals surface area contributed by atoms with Crippen LogP contribution in [0.3, 0.4) is 0 Å². The molecule has 122 valence electrons. The van der Waals surface area contributed by atoms with Crippen LogP contribution in [0.25, 0.3) is 11.0 Å². The average molecular weight is 314 g/mol. The van der Waals surface area contributed by atoms with Crippen LogP contribution in [0.2, 0.25) is 0 Å². The molecule has 3 heterocycles. The van der Waals surface area contributed by atoms with E-state index < -0.39 is 5.79 Å². The highest BCUT2D eigenvalue weighted by atomic mass is 16.8. The Morgan fingerprint density at radius 3 is 2.87 bits per heavy atom. The Bertz CT molecular complexity index is 784. The minimum Gasteiger partial charge on any atom is -0.383 e. The van der Waals surface area contributed by atoms with E-state index in [1.165, 1.54) is 6.33 Å². The Morgan fingerprint density at radius 1 is 1.35 bits per heavy atom. The quantitative estimate of drug-likeness (QED) is 0.863. The molecule has 4 rings (SSSR count). The first-order chi connectivity index (χ1) is 10.8. The fraction of sp³-hybridized carbons (Fsp3) is 0.529. The van der Waals surface area contributed by atoms with Crippen molar-refractivity contribution in [3.63, 3.8) is 0 Å². The van der Waals surface area contributed by atoms with Crippen LogP contribution in [0.4, 0.5) is 5.82 Å². The number of nitrogens with two attached hydrogens (primary N) is 1. The summed E-state index contributed by atoms with van der Waals surface area (Å²) in [5.41, 5.74) is 6.66. The lowest BCUT2D eigenvalue weighted by Gasteiger charge is -2.28. The summed E-state index contributed by atoms with van der Waals surface area (Å²) in [7, 11) is 0. The molecule has 0 bridgehead atoms. The van der Waals surface area contributed by atoms with Crippen LogP contribution in [-0.2, 0) is 9.47 Å². The smallest absolute Gasteiger partial charge is 0.163 e. The van der Waals surface area contributed by atoms with E-state index in [-0.39, 0.29) is 23.7 Å². The Balaban J connectivity index is 1.82. The predicted octanol–water partition coefficient (Wildman–Crippen LogP) is 2.67. The largest absolute Gasteiger partial charge is 0.383 e. The number of hydrogen-bond donors (Lipinski definition) is 1. The Morgan fingerprint density at radius 2 is 2.13 bits per heavy atom. The third kappa shape index (κ3) is 2.01. The molecular formula is C17H22N4O2. The summed E-state index contributed by atoms with van der Waals surface area (Å²) >= 11 is 0. The summed E-state index contributed by atoms with van der Waals surface area (Å²) in [6.45, 7) is 10.1. The van der Waals surface area contributed by atoms with Gasteiger partial charge in [0.05, 0.1) is 17.5 Å². The number of fused-ring (bicyclic) bond motifs is 2. The van der Waals surface area contributed by atoms with Gasteiger partial charge >= 0.3 is 0 Å². The average Bonchev–Trinajstić information content (AvgIpc) is 3.12. The summed E-state index contributed by atoms with van der Waals surface area (Å²) in [5.74, 6) is -0.0893. The van der Waals surface area contributed by atoms with Gasteiger partial charge in [0.2, 0.25) is 0 Å². The normalized spacial score (nSPS) is 35.5. The van der Waals surface area contributed by atoms with Gasteiger partial charge in [0.15, 0.2) is 5.79 Å². The highest BCUT2D eigenvalue weighted by Crippen LogP contribution is 2.54. The van der Waals surface area contributed by atoms with Gasteiger partial charge in [0, 0.05) is 11.6 Å². The van der Waals surface area contributed by atoms with Crippen molar-refractivity contribution in [2.75, 3.05) is 5.73 Å². The zero-order valence-electron chi connectivity index (χ0n) is 13.7. The second kappa shape index (κ2) is 4.55. The van der Waals surface area contributed by atoms with E-state index in [2.05, 4.69) is 28.0 Å². The van der Waals surface area contributed by atoms with Crippen LogP contribution in [0.1, 0.15) is 33.2 Å². The first-order valence-electron chi connectivity index (χ1n) is 7.91. The van der Waals surface area contributed by atoms with E-state index in [0.717, 1.165) is 17.5 Å². The van der Waals surface area contributed by atoms with Crippen molar-refractivity contribution in [1.29, 1.82) is 0 Å². The molecule has 4 unspecified atom stereocenters. The van der Waals surface area contributed by atoms with Crippen molar-refractivity contribution in [3.05, 3.63) is 31.2 Å². The number of rotatable bonds is 2. The molecule has 1 aliphatic carbocycles. The zero-order valence-corrected chi connectivity index (χ0v) is 13.7. The minimum absolute atomic E-state index is 0.0170. The van der Waals surface area contributed by atoms with Crippen LogP contribution >= 0.6 is 0 Å². The van der Waals surface area contributed by atoms with Gasteiger partial charge in [-0.05, 0) is 26.3 Å². The zero-order chi connectivity index (χ0) is 16.4. The lowest BCUT2D eigenvalue weighted by Crippen LogP contribution is -2.31. The molecule has 1 saturated carbocycles. The van der Waals surface area contributed by atoms with Gasteiger partial charge in [-0.3, -0.25) is 0 Å². The Hall–Kier alpha value is -1.92. The fourth-order valence-electron chi connectivity index (χ4n) is 3.98. The van der Waals surface area contributed by atoms with E-state index in [9.17, 15) is 0 Å². The molecule has 6 heteroatoms. The predicted molar refractivity (Wildman–Crippen MR) is 87.7 cm³/mol. The number of aromatic nitrogens is 3. The van der Waals surface area contributed by atoms with Gasteiger partial charge in [-0.25, -0.2) is 9.97 Å². The lowest BCUT2D eigenvalue weighted by atomic mass is 9.86. The minimum atomic E-state index is -0.588. The molecule has 23 heavy (non-hydrogen) atoms. The SMILES string of the molecule is C=CC1(C)CC(n2ccc3c(N)ncnc32)C2OC(C)(C)OC21. The van der Waals surface area contributed by atoms with E-state index in [0.29, 0.717) is 5.82 Å². The van der Waals surface area contributed by atoms with Crippen molar-refractivity contribution in [1.82, 2.24) is 14.5 Å². The van der Waals surface area contributed by atoms with Crippen molar-refractivity contribution in [2.45, 2.75) is 51.2 Å². The highest BCUT2D eigenvalue weighted by molar-refractivity contribution is 5.86. The van der Waals surface area contributed by atoms with E-state index >= 15 is 0 Å². The number of ether oxygens (including phenoxy) is 2. The maximum atomic E-state index is 6.22. The summed E-state index contributed by atoms with van der Waals surface area (Å²) in [6, 6.07) is 2.08. The molecule has 2 aromatic heterocycles. The summed E-state index contributed by atoms with van der Waals surface area (Å²) in [6.07, 6.45) is 6.33. The number of anilines is 1. The van der Waals surface area contributed by atoms with Crippen molar-refractivity contribution in [3.8, 4) is 0 Å². The van der Waals surface area contributed by atoms with Crippen molar-refractivity contribution < 1.29 is 9.47 Å². The van der Waals surface area contributed by atoms with Crippen molar-refractivity contribution >= 4 is 16.9 Å². The van der Waals surface area contributed by atoms with Gasteiger partial charge in [-0.1, -0.05) is 13.0 Å². The van der Waals surface area contributed by atoms with Crippen LogP contribution in [0.15, 0.2) is 31.2 Å². The van der Waals surface area contributed by atoms with Gasteiger partial charge in [-0.2, -0.15) is 0 Å². The standard InChI is InChI=1S/C17H22N4O2/c1-5-17(4)8-11(12-13(17)23-16(2,3)22-12)21-7-6-10-14(18)19-9-20-15(10)21/h5-7,9,11-13H,1,8H2,2-4H3,(H2,18,19,20). The molecule has 2 aliphatic rings. The van der Waals surface area contributed by atoms with Crippen LogP contribution in [0, 0.1) is 5.41 Å². The van der Waals surface area contributed by atoms with Gasteiger partial charge in [-0.15, -0.1) is 6.58 Å². The van der Waals surface area contributed by atoms with Gasteiger partial charge in [0.1, 0.15) is 23.9 Å². The lowest BCUT2D eigenvalue weighted by molar-refractivity contribution is -0.164. The molecule has 1 aliphatic heterocycles. The summed E-state index contributed by atoms with van der Waals surface area (Å²) in [5, 5.41) is 0.870. The van der Waals surface area contributed by atoms with E-state index in [1.807, 2.05) is 32.2 Å². The van der Waals surface area contributed by atoms with E-state index in [4.69, 9.17) is 15.2 Å². The first-order valence-corrected chi connectivity index (χ1v) is 7.91. The maximum Gasteiger partial charge on any atom is 0.163 e. The van der Waals surface area contributed by atoms with Crippen LogP contribution < -0.4 is 5.73 Å². The molecule has 0 radical (unpaired) electrons. The number of hydrogen-bond acceptors (Lipinski definition) is 5. The molecule has 4 atom stereocenters. The van der Waals surface area contributed by atoms with E-state index in [1.54, 1.807) is 0 Å². The summed E-state index contributed by atoms with van der Waals surface area (Å²) < 4.78 is 14.5. The molecule has 2 aromatic rings. The second-order valence-electron chi connectivity index (χ2n) is 7.22. The number of nitrogens with zero attached hydrogens (tertiary/aromatic N) is 3. The number of nitrogen functional groups attached to an aromatic ring is 1. The molecule has 6 nitrogen and oxygen atoms in total. The third-order valence-corrected chi connectivity index (χ3v) is 5.17. The van der Waals surface area contributed by atoms with Crippen LogP contribution in [0.5, 0.6) is 0 Å². The Kier molecular flexibility index (Phi) is 2.90. The molecule has 1 saturated heterocycles. The maximum absolute atomic E-state index is 6.22. The van der Waals surface area contributed by atoms with Crippen molar-refractivity contribution in [2.24, 2.45) is 5.41 Å². The molecular weight excluding hydrogens is 292 g/mol. The molecule has 0 amide bonds. The summed E-state index contributed by atoms with van der Waals surface area (Å²) in [4.78, 5) is 8.48. The van der Waals surface area contributed by atoms with Gasteiger partial charge < -0.3 is 19.8 Å². The van der Waals surface area contributed by atoms with Gasteiger partial charge in [0.25, 0.3) is 0 Å². The Labute approximate surface area is 135 Å². The highest BCUT2D eigenvalue weighted by Gasteiger charge is 2.59. The molecule has 0 aromatic carbocycles. The molecule has 2 fully saturated rings. The topological polar surface area (TPSA) is 75.2 Å².